The van der Waals surface area contributed by atoms with E-state index in [1.165, 1.54) is 6.07 Å². The van der Waals surface area contributed by atoms with Crippen LogP contribution in [0.3, 0.4) is 0 Å². The molecule has 1 aliphatic rings. The van der Waals surface area contributed by atoms with Crippen molar-refractivity contribution in [3.63, 3.8) is 0 Å². The second-order valence-corrected chi connectivity index (χ2v) is 5.82. The van der Waals surface area contributed by atoms with Gasteiger partial charge in [0.05, 0.1) is 5.56 Å². The molecule has 114 valence electrons. The van der Waals surface area contributed by atoms with Gasteiger partial charge in [-0.1, -0.05) is 23.7 Å². The molecular weight excluding hydrogens is 273 g/mol. The first kappa shape index (κ1) is 15.3. The summed E-state index contributed by atoms with van der Waals surface area (Å²) in [5.74, 6) is -0.635. The lowest BCUT2D eigenvalue weighted by Gasteiger charge is -2.38. The zero-order chi connectivity index (χ0) is 15.6. The standard InChI is InChI=1S/C15H20FN3O2/c1-10-3-4-12(16)11(9-10)13(20)19-7-5-15(2,6-8-19)14(17)18-21/h3-4,9,21H,5-8H2,1-2H3,(H2,17,18). The van der Waals surface area contributed by atoms with E-state index in [0.717, 1.165) is 5.56 Å². The number of benzene rings is 1. The van der Waals surface area contributed by atoms with Gasteiger partial charge in [-0.05, 0) is 31.9 Å². The van der Waals surface area contributed by atoms with Gasteiger partial charge in [-0.2, -0.15) is 0 Å². The topological polar surface area (TPSA) is 78.9 Å². The summed E-state index contributed by atoms with van der Waals surface area (Å²) in [5.41, 5.74) is 6.22. The average Bonchev–Trinajstić information content (AvgIpc) is 2.49. The monoisotopic (exact) mass is 293 g/mol. The third kappa shape index (κ3) is 2.99. The van der Waals surface area contributed by atoms with Gasteiger partial charge in [-0.15, -0.1) is 0 Å². The molecule has 1 amide bonds. The Labute approximate surface area is 123 Å². The summed E-state index contributed by atoms with van der Waals surface area (Å²) in [6.07, 6.45) is 1.17. The first-order valence-corrected chi connectivity index (χ1v) is 6.91. The Morgan fingerprint density at radius 2 is 2.05 bits per heavy atom. The van der Waals surface area contributed by atoms with Crippen LogP contribution in [0.4, 0.5) is 4.39 Å². The van der Waals surface area contributed by atoms with Crippen molar-refractivity contribution in [1.29, 1.82) is 0 Å². The Bertz CT molecular complexity index is 578. The van der Waals surface area contributed by atoms with Crippen molar-refractivity contribution < 1.29 is 14.4 Å². The van der Waals surface area contributed by atoms with Crippen LogP contribution in [0.25, 0.3) is 0 Å². The van der Waals surface area contributed by atoms with Crippen molar-refractivity contribution in [2.45, 2.75) is 26.7 Å². The molecule has 21 heavy (non-hydrogen) atoms. The van der Waals surface area contributed by atoms with Crippen molar-refractivity contribution >= 4 is 11.7 Å². The van der Waals surface area contributed by atoms with Gasteiger partial charge in [0, 0.05) is 18.5 Å². The number of rotatable bonds is 2. The molecule has 0 radical (unpaired) electrons. The number of nitrogens with zero attached hydrogens (tertiary/aromatic N) is 2. The predicted octanol–water partition coefficient (Wildman–Crippen LogP) is 2.12. The summed E-state index contributed by atoms with van der Waals surface area (Å²) < 4.78 is 13.8. The number of carbonyl (C=O) groups excluding carboxylic acids is 1. The molecule has 1 aromatic carbocycles. The lowest BCUT2D eigenvalue weighted by Crippen LogP contribution is -2.47. The van der Waals surface area contributed by atoms with Crippen molar-refractivity contribution in [2.75, 3.05) is 13.1 Å². The van der Waals surface area contributed by atoms with Crippen molar-refractivity contribution in [3.05, 3.63) is 35.1 Å². The summed E-state index contributed by atoms with van der Waals surface area (Å²) in [7, 11) is 0. The summed E-state index contributed by atoms with van der Waals surface area (Å²) >= 11 is 0. The van der Waals surface area contributed by atoms with E-state index < -0.39 is 11.2 Å². The summed E-state index contributed by atoms with van der Waals surface area (Å²) in [5, 5.41) is 11.9. The lowest BCUT2D eigenvalue weighted by atomic mass is 9.79. The van der Waals surface area contributed by atoms with E-state index in [2.05, 4.69) is 5.16 Å². The number of amidine groups is 1. The van der Waals surface area contributed by atoms with Gasteiger partial charge in [-0.3, -0.25) is 4.79 Å². The third-order valence-electron chi connectivity index (χ3n) is 4.23. The maximum Gasteiger partial charge on any atom is 0.256 e. The minimum atomic E-state index is -0.504. The zero-order valence-electron chi connectivity index (χ0n) is 12.3. The number of nitrogens with two attached hydrogens (primary N) is 1. The molecule has 0 aliphatic carbocycles. The van der Waals surface area contributed by atoms with Crippen LogP contribution >= 0.6 is 0 Å². The Hall–Kier alpha value is -2.11. The molecule has 1 fully saturated rings. The Morgan fingerprint density at radius 3 is 2.62 bits per heavy atom. The fraction of sp³-hybridized carbons (Fsp3) is 0.467. The zero-order valence-corrected chi connectivity index (χ0v) is 12.3. The molecular formula is C15H20FN3O2. The van der Waals surface area contributed by atoms with Crippen molar-refractivity contribution in [2.24, 2.45) is 16.3 Å². The Morgan fingerprint density at radius 1 is 1.43 bits per heavy atom. The lowest BCUT2D eigenvalue weighted by molar-refractivity contribution is 0.0662. The molecule has 0 saturated carbocycles. The van der Waals surface area contributed by atoms with Gasteiger partial charge < -0.3 is 15.8 Å². The van der Waals surface area contributed by atoms with Crippen LogP contribution in [-0.4, -0.2) is 34.9 Å². The summed E-state index contributed by atoms with van der Waals surface area (Å²) in [6, 6.07) is 4.51. The molecule has 0 spiro atoms. The number of likely N-dealkylation sites (tertiary alicyclic amines) is 1. The van der Waals surface area contributed by atoms with E-state index in [9.17, 15) is 9.18 Å². The van der Waals surface area contributed by atoms with Gasteiger partial charge in [0.15, 0.2) is 0 Å². The van der Waals surface area contributed by atoms with Crippen molar-refractivity contribution in [3.8, 4) is 0 Å². The van der Waals surface area contributed by atoms with E-state index in [4.69, 9.17) is 10.9 Å². The molecule has 0 atom stereocenters. The maximum absolute atomic E-state index is 13.8. The van der Waals surface area contributed by atoms with Gasteiger partial charge in [0.2, 0.25) is 0 Å². The number of carbonyl (C=O) groups is 1. The van der Waals surface area contributed by atoms with Crippen LogP contribution in [0.5, 0.6) is 0 Å². The number of hydrogen-bond acceptors (Lipinski definition) is 3. The SMILES string of the molecule is Cc1ccc(F)c(C(=O)N2CCC(C)(/C(N)=N/O)CC2)c1. The summed E-state index contributed by atoms with van der Waals surface area (Å²) in [4.78, 5) is 14.0. The van der Waals surface area contributed by atoms with Gasteiger partial charge in [0.25, 0.3) is 5.91 Å². The highest BCUT2D eigenvalue weighted by molar-refractivity contribution is 5.95. The fourth-order valence-electron chi connectivity index (χ4n) is 2.55. The van der Waals surface area contributed by atoms with E-state index in [1.54, 1.807) is 17.0 Å². The van der Waals surface area contributed by atoms with Gasteiger partial charge in [0.1, 0.15) is 11.7 Å². The van der Waals surface area contributed by atoms with Crippen LogP contribution in [0.15, 0.2) is 23.4 Å². The van der Waals surface area contributed by atoms with E-state index in [1.807, 2.05) is 13.8 Å². The number of piperidine rings is 1. The van der Waals surface area contributed by atoms with Crippen LogP contribution < -0.4 is 5.73 Å². The quantitative estimate of drug-likeness (QED) is 0.379. The second-order valence-electron chi connectivity index (χ2n) is 5.82. The normalized spacial score (nSPS) is 18.6. The fourth-order valence-corrected chi connectivity index (χ4v) is 2.55. The molecule has 1 aliphatic heterocycles. The molecule has 3 N–H and O–H groups in total. The molecule has 2 rings (SSSR count). The second kappa shape index (κ2) is 5.71. The van der Waals surface area contributed by atoms with Gasteiger partial charge >= 0.3 is 0 Å². The predicted molar refractivity (Wildman–Crippen MR) is 77.8 cm³/mol. The smallest absolute Gasteiger partial charge is 0.256 e. The Kier molecular flexibility index (Phi) is 4.16. The highest BCUT2D eigenvalue weighted by atomic mass is 19.1. The average molecular weight is 293 g/mol. The van der Waals surface area contributed by atoms with E-state index in [0.29, 0.717) is 25.9 Å². The van der Waals surface area contributed by atoms with Crippen molar-refractivity contribution in [1.82, 2.24) is 4.90 Å². The molecule has 6 heteroatoms. The first-order valence-electron chi connectivity index (χ1n) is 6.91. The van der Waals surface area contributed by atoms with E-state index >= 15 is 0 Å². The number of halogens is 1. The highest BCUT2D eigenvalue weighted by Crippen LogP contribution is 2.31. The molecule has 0 bridgehead atoms. The Balaban J connectivity index is 2.12. The maximum atomic E-state index is 13.8. The highest BCUT2D eigenvalue weighted by Gasteiger charge is 2.36. The number of hydrogen-bond donors (Lipinski definition) is 2. The largest absolute Gasteiger partial charge is 0.409 e. The van der Waals surface area contributed by atoms with Crippen LogP contribution in [-0.2, 0) is 0 Å². The van der Waals surface area contributed by atoms with Crippen LogP contribution in [0.2, 0.25) is 0 Å². The molecule has 5 nitrogen and oxygen atoms in total. The molecule has 0 aromatic heterocycles. The number of amides is 1. The molecule has 1 saturated heterocycles. The van der Waals surface area contributed by atoms with Crippen LogP contribution in [0.1, 0.15) is 35.7 Å². The minimum absolute atomic E-state index is 0.0994. The molecule has 0 unspecified atom stereocenters. The third-order valence-corrected chi connectivity index (χ3v) is 4.23. The summed E-state index contributed by atoms with van der Waals surface area (Å²) in [6.45, 7) is 4.64. The molecule has 1 aromatic rings. The number of aryl methyl sites for hydroxylation is 1. The van der Waals surface area contributed by atoms with Gasteiger partial charge in [-0.25, -0.2) is 4.39 Å². The minimum Gasteiger partial charge on any atom is -0.409 e. The first-order chi connectivity index (χ1) is 9.87. The van der Waals surface area contributed by atoms with E-state index in [-0.39, 0.29) is 17.3 Å². The number of oxime groups is 1. The molecule has 1 heterocycles. The van der Waals surface area contributed by atoms with Crippen LogP contribution in [0, 0.1) is 18.2 Å².